The number of carbonyl (C=O) groups excluding carboxylic acids is 1. The standard InChI is InChI=1S/C9H18N2OS/c1-10-4-3-5-11(7-6-10)9(12)8-13-2/h3-8H2,1-2H3. The van der Waals surface area contributed by atoms with Crippen molar-refractivity contribution in [2.45, 2.75) is 6.42 Å². The van der Waals surface area contributed by atoms with Crippen LogP contribution in [0.5, 0.6) is 0 Å². The molecule has 1 aliphatic heterocycles. The first-order valence-corrected chi connectivity index (χ1v) is 6.08. The molecule has 4 heteroatoms. The summed E-state index contributed by atoms with van der Waals surface area (Å²) in [5, 5.41) is 0. The third kappa shape index (κ3) is 3.56. The Morgan fingerprint density at radius 2 is 2.08 bits per heavy atom. The molecule has 0 spiro atoms. The molecule has 0 N–H and O–H groups in total. The third-order valence-corrected chi connectivity index (χ3v) is 2.88. The molecule has 0 radical (unpaired) electrons. The van der Waals surface area contributed by atoms with Crippen LogP contribution in [0.1, 0.15) is 6.42 Å². The van der Waals surface area contributed by atoms with Gasteiger partial charge in [0.2, 0.25) is 5.91 Å². The molecule has 0 bridgehead atoms. The van der Waals surface area contributed by atoms with Crippen LogP contribution >= 0.6 is 11.8 Å². The van der Waals surface area contributed by atoms with Crippen molar-refractivity contribution < 1.29 is 4.79 Å². The van der Waals surface area contributed by atoms with Crippen molar-refractivity contribution in [1.29, 1.82) is 0 Å². The molecule has 0 aliphatic carbocycles. The zero-order valence-electron chi connectivity index (χ0n) is 8.45. The Bertz CT molecular complexity index is 175. The minimum atomic E-state index is 0.294. The van der Waals surface area contributed by atoms with Gasteiger partial charge in [0.25, 0.3) is 0 Å². The molecule has 0 saturated carbocycles. The summed E-state index contributed by atoms with van der Waals surface area (Å²) < 4.78 is 0. The largest absolute Gasteiger partial charge is 0.341 e. The summed E-state index contributed by atoms with van der Waals surface area (Å²) in [4.78, 5) is 15.8. The van der Waals surface area contributed by atoms with Crippen LogP contribution in [0, 0.1) is 0 Å². The van der Waals surface area contributed by atoms with E-state index in [1.54, 1.807) is 11.8 Å². The van der Waals surface area contributed by atoms with Gasteiger partial charge in [-0.05, 0) is 26.3 Å². The minimum absolute atomic E-state index is 0.294. The Morgan fingerprint density at radius 1 is 1.31 bits per heavy atom. The molecule has 1 heterocycles. The molecule has 0 atom stereocenters. The zero-order chi connectivity index (χ0) is 9.68. The maximum absolute atomic E-state index is 11.5. The molecule has 1 fully saturated rings. The van der Waals surface area contributed by atoms with Gasteiger partial charge < -0.3 is 9.80 Å². The summed E-state index contributed by atoms with van der Waals surface area (Å²) in [7, 11) is 2.11. The van der Waals surface area contributed by atoms with Crippen molar-refractivity contribution in [1.82, 2.24) is 9.80 Å². The lowest BCUT2D eigenvalue weighted by molar-refractivity contribution is -0.128. The van der Waals surface area contributed by atoms with Gasteiger partial charge in [-0.15, -0.1) is 0 Å². The Morgan fingerprint density at radius 3 is 2.77 bits per heavy atom. The van der Waals surface area contributed by atoms with Crippen molar-refractivity contribution in [2.24, 2.45) is 0 Å². The molecule has 3 nitrogen and oxygen atoms in total. The molecule has 0 aromatic rings. The first-order valence-electron chi connectivity index (χ1n) is 4.69. The highest BCUT2D eigenvalue weighted by Crippen LogP contribution is 2.04. The third-order valence-electron chi connectivity index (χ3n) is 2.34. The highest BCUT2D eigenvalue weighted by molar-refractivity contribution is 7.99. The topological polar surface area (TPSA) is 23.6 Å². The van der Waals surface area contributed by atoms with Crippen LogP contribution in [0.2, 0.25) is 0 Å². The van der Waals surface area contributed by atoms with E-state index < -0.39 is 0 Å². The van der Waals surface area contributed by atoms with E-state index in [2.05, 4.69) is 11.9 Å². The van der Waals surface area contributed by atoms with Crippen LogP contribution in [-0.2, 0) is 4.79 Å². The minimum Gasteiger partial charge on any atom is -0.341 e. The van der Waals surface area contributed by atoms with Crippen molar-refractivity contribution in [2.75, 3.05) is 45.2 Å². The van der Waals surface area contributed by atoms with Crippen LogP contribution in [0.3, 0.4) is 0 Å². The van der Waals surface area contributed by atoms with Gasteiger partial charge in [-0.25, -0.2) is 0 Å². The normalized spacial score (nSPS) is 20.0. The molecular formula is C9H18N2OS. The van der Waals surface area contributed by atoms with E-state index in [1.807, 2.05) is 11.2 Å². The Labute approximate surface area is 84.5 Å². The van der Waals surface area contributed by atoms with E-state index in [1.165, 1.54) is 0 Å². The number of carbonyl (C=O) groups is 1. The maximum Gasteiger partial charge on any atom is 0.232 e. The Kier molecular flexibility index (Phi) is 4.59. The predicted molar refractivity (Wildman–Crippen MR) is 57.1 cm³/mol. The first-order chi connectivity index (χ1) is 6.24. The lowest BCUT2D eigenvalue weighted by Gasteiger charge is -2.19. The SMILES string of the molecule is CSCC(=O)N1CCCN(C)CC1. The summed E-state index contributed by atoms with van der Waals surface area (Å²) in [6.07, 6.45) is 3.08. The van der Waals surface area contributed by atoms with Gasteiger partial charge in [-0.1, -0.05) is 0 Å². The number of hydrogen-bond acceptors (Lipinski definition) is 3. The fourth-order valence-corrected chi connectivity index (χ4v) is 1.94. The molecule has 1 aliphatic rings. The number of hydrogen-bond donors (Lipinski definition) is 0. The molecule has 0 aromatic carbocycles. The lowest BCUT2D eigenvalue weighted by atomic mass is 10.4. The number of thioether (sulfide) groups is 1. The van der Waals surface area contributed by atoms with Crippen LogP contribution in [0.4, 0.5) is 0 Å². The smallest absolute Gasteiger partial charge is 0.232 e. The highest BCUT2D eigenvalue weighted by Gasteiger charge is 2.16. The Hall–Kier alpha value is -0.220. The van der Waals surface area contributed by atoms with Gasteiger partial charge >= 0.3 is 0 Å². The number of amides is 1. The predicted octanol–water partition coefficient (Wildman–Crippen LogP) is 0.514. The summed E-state index contributed by atoms with van der Waals surface area (Å²) in [6, 6.07) is 0. The van der Waals surface area contributed by atoms with E-state index in [9.17, 15) is 4.79 Å². The van der Waals surface area contributed by atoms with Crippen molar-refractivity contribution in [3.05, 3.63) is 0 Å². The van der Waals surface area contributed by atoms with E-state index in [0.29, 0.717) is 11.7 Å². The van der Waals surface area contributed by atoms with Gasteiger partial charge in [0.1, 0.15) is 0 Å². The number of rotatable bonds is 2. The van der Waals surface area contributed by atoms with Gasteiger partial charge in [0.05, 0.1) is 5.75 Å². The zero-order valence-corrected chi connectivity index (χ0v) is 9.27. The number of likely N-dealkylation sites (N-methyl/N-ethyl adjacent to an activating group) is 1. The fraction of sp³-hybridized carbons (Fsp3) is 0.889. The van der Waals surface area contributed by atoms with Crippen LogP contribution < -0.4 is 0 Å². The van der Waals surface area contributed by atoms with Crippen molar-refractivity contribution in [3.63, 3.8) is 0 Å². The van der Waals surface area contributed by atoms with Gasteiger partial charge in [-0.2, -0.15) is 11.8 Å². The van der Waals surface area contributed by atoms with Gasteiger partial charge in [0.15, 0.2) is 0 Å². The highest BCUT2D eigenvalue weighted by atomic mass is 32.2. The van der Waals surface area contributed by atoms with Gasteiger partial charge in [0, 0.05) is 19.6 Å². The second-order valence-electron chi connectivity index (χ2n) is 3.47. The van der Waals surface area contributed by atoms with Crippen molar-refractivity contribution in [3.8, 4) is 0 Å². The molecule has 0 aromatic heterocycles. The average Bonchev–Trinajstić information content (AvgIpc) is 2.30. The van der Waals surface area contributed by atoms with Crippen LogP contribution in [-0.4, -0.2) is 60.9 Å². The maximum atomic E-state index is 11.5. The van der Waals surface area contributed by atoms with Gasteiger partial charge in [-0.3, -0.25) is 4.79 Å². The fourth-order valence-electron chi connectivity index (χ4n) is 1.51. The molecular weight excluding hydrogens is 184 g/mol. The molecule has 13 heavy (non-hydrogen) atoms. The lowest BCUT2D eigenvalue weighted by Crippen LogP contribution is -2.35. The van der Waals surface area contributed by atoms with Crippen LogP contribution in [0.15, 0.2) is 0 Å². The van der Waals surface area contributed by atoms with E-state index in [0.717, 1.165) is 32.6 Å². The molecule has 1 amide bonds. The Balaban J connectivity index is 2.37. The van der Waals surface area contributed by atoms with E-state index in [-0.39, 0.29) is 0 Å². The van der Waals surface area contributed by atoms with Crippen LogP contribution in [0.25, 0.3) is 0 Å². The summed E-state index contributed by atoms with van der Waals surface area (Å²) in [5.74, 6) is 0.923. The average molecular weight is 202 g/mol. The summed E-state index contributed by atoms with van der Waals surface area (Å²) >= 11 is 1.61. The molecule has 76 valence electrons. The molecule has 1 saturated heterocycles. The van der Waals surface area contributed by atoms with E-state index >= 15 is 0 Å². The quantitative estimate of drug-likeness (QED) is 0.652. The van der Waals surface area contributed by atoms with Crippen molar-refractivity contribution >= 4 is 17.7 Å². The number of nitrogens with zero attached hydrogens (tertiary/aromatic N) is 2. The monoisotopic (exact) mass is 202 g/mol. The molecule has 0 unspecified atom stereocenters. The summed E-state index contributed by atoms with van der Waals surface area (Å²) in [6.45, 7) is 3.96. The first kappa shape index (κ1) is 10.9. The molecule has 1 rings (SSSR count). The summed E-state index contributed by atoms with van der Waals surface area (Å²) in [5.41, 5.74) is 0. The van der Waals surface area contributed by atoms with E-state index in [4.69, 9.17) is 0 Å². The second kappa shape index (κ2) is 5.50. The second-order valence-corrected chi connectivity index (χ2v) is 4.34.